The highest BCUT2D eigenvalue weighted by atomic mass is 16.5. The predicted molar refractivity (Wildman–Crippen MR) is 88.2 cm³/mol. The smallest absolute Gasteiger partial charge is 0.0793 e. The Balaban J connectivity index is 1.79. The van der Waals surface area contributed by atoms with E-state index in [1.54, 1.807) is 0 Å². The van der Waals surface area contributed by atoms with Crippen molar-refractivity contribution in [3.8, 4) is 0 Å². The van der Waals surface area contributed by atoms with Crippen molar-refractivity contribution >= 4 is 0 Å². The number of nitrogens with zero attached hydrogens (tertiary/aromatic N) is 2. The van der Waals surface area contributed by atoms with Crippen molar-refractivity contribution < 1.29 is 14.6 Å². The first-order valence-electron chi connectivity index (χ1n) is 8.79. The Morgan fingerprint density at radius 1 is 0.909 bits per heavy atom. The Kier molecular flexibility index (Phi) is 6.25. The topological polar surface area (TPSA) is 45.2 Å². The van der Waals surface area contributed by atoms with Gasteiger partial charge in [0.15, 0.2) is 0 Å². The molecule has 0 radical (unpaired) electrons. The van der Waals surface area contributed by atoms with Crippen LogP contribution < -0.4 is 0 Å². The van der Waals surface area contributed by atoms with Gasteiger partial charge in [-0.05, 0) is 26.7 Å². The summed E-state index contributed by atoms with van der Waals surface area (Å²) >= 11 is 0. The van der Waals surface area contributed by atoms with E-state index >= 15 is 0 Å². The van der Waals surface area contributed by atoms with Gasteiger partial charge in [-0.25, -0.2) is 0 Å². The highest BCUT2D eigenvalue weighted by molar-refractivity contribution is 4.86. The minimum atomic E-state index is -0.307. The monoisotopic (exact) mass is 314 g/mol. The fourth-order valence-corrected chi connectivity index (χ4v) is 3.43. The summed E-state index contributed by atoms with van der Waals surface area (Å²) in [7, 11) is 0. The zero-order valence-corrected chi connectivity index (χ0v) is 14.8. The first-order chi connectivity index (χ1) is 10.4. The summed E-state index contributed by atoms with van der Waals surface area (Å²) < 4.78 is 11.7. The minimum Gasteiger partial charge on any atom is -0.390 e. The normalized spacial score (nSPS) is 35.2. The molecule has 0 spiro atoms. The van der Waals surface area contributed by atoms with Crippen molar-refractivity contribution in [1.82, 2.24) is 9.80 Å². The molecule has 0 unspecified atom stereocenters. The van der Waals surface area contributed by atoms with E-state index in [1.807, 2.05) is 0 Å². The van der Waals surface area contributed by atoms with Gasteiger partial charge in [0.25, 0.3) is 0 Å². The zero-order valence-electron chi connectivity index (χ0n) is 14.8. The molecular weight excluding hydrogens is 280 g/mol. The van der Waals surface area contributed by atoms with Gasteiger partial charge in [-0.3, -0.25) is 9.80 Å². The lowest BCUT2D eigenvalue weighted by molar-refractivity contribution is -0.117. The average molecular weight is 314 g/mol. The van der Waals surface area contributed by atoms with Gasteiger partial charge in [0.2, 0.25) is 0 Å². The summed E-state index contributed by atoms with van der Waals surface area (Å²) in [5.74, 6) is 0. The van der Waals surface area contributed by atoms with Crippen molar-refractivity contribution in [2.75, 3.05) is 52.5 Å². The lowest BCUT2D eigenvalue weighted by atomic mass is 10.00. The van der Waals surface area contributed by atoms with Crippen LogP contribution in [0.2, 0.25) is 0 Å². The molecule has 2 aliphatic rings. The molecule has 22 heavy (non-hydrogen) atoms. The molecule has 0 aliphatic carbocycles. The van der Waals surface area contributed by atoms with Crippen LogP contribution in [0.25, 0.3) is 0 Å². The standard InChI is InChI=1S/C17H34N2O3/c1-5-16(3)13-18(7-9-21-16)11-15(20)12-19-8-10-22-17(4,6-2)14-19/h15,20H,5-14H2,1-4H3/t16-,17-/m1/s1. The van der Waals surface area contributed by atoms with E-state index in [4.69, 9.17) is 9.47 Å². The van der Waals surface area contributed by atoms with Gasteiger partial charge in [0.05, 0.1) is 30.5 Å². The van der Waals surface area contributed by atoms with Gasteiger partial charge < -0.3 is 14.6 Å². The predicted octanol–water partition coefficient (Wildman–Crippen LogP) is 1.35. The van der Waals surface area contributed by atoms with Gasteiger partial charge in [-0.1, -0.05) is 13.8 Å². The van der Waals surface area contributed by atoms with Crippen LogP contribution in [0.4, 0.5) is 0 Å². The Morgan fingerprint density at radius 2 is 1.32 bits per heavy atom. The fraction of sp³-hybridized carbons (Fsp3) is 1.00. The molecule has 2 aliphatic heterocycles. The molecule has 0 bridgehead atoms. The lowest BCUT2D eigenvalue weighted by Gasteiger charge is -2.43. The number of morpholine rings is 2. The maximum absolute atomic E-state index is 10.5. The van der Waals surface area contributed by atoms with Crippen molar-refractivity contribution in [3.63, 3.8) is 0 Å². The van der Waals surface area contributed by atoms with Crippen LogP contribution in [-0.2, 0) is 9.47 Å². The van der Waals surface area contributed by atoms with Crippen LogP contribution in [0, 0.1) is 0 Å². The minimum absolute atomic E-state index is 0.0578. The molecule has 2 saturated heterocycles. The number of hydrogen-bond acceptors (Lipinski definition) is 5. The van der Waals surface area contributed by atoms with Gasteiger partial charge in [0.1, 0.15) is 0 Å². The maximum Gasteiger partial charge on any atom is 0.0793 e. The molecule has 0 aromatic heterocycles. The van der Waals surface area contributed by atoms with Crippen LogP contribution in [0.15, 0.2) is 0 Å². The Morgan fingerprint density at radius 3 is 1.68 bits per heavy atom. The average Bonchev–Trinajstić information content (AvgIpc) is 2.47. The number of ether oxygens (including phenoxy) is 2. The molecule has 0 amide bonds. The summed E-state index contributed by atoms with van der Waals surface area (Å²) in [4.78, 5) is 4.69. The number of rotatable bonds is 6. The molecule has 1 N–H and O–H groups in total. The lowest BCUT2D eigenvalue weighted by Crippen LogP contribution is -2.55. The molecule has 5 heteroatoms. The highest BCUT2D eigenvalue weighted by Crippen LogP contribution is 2.23. The van der Waals surface area contributed by atoms with Crippen LogP contribution >= 0.6 is 0 Å². The number of aliphatic hydroxyl groups is 1. The molecule has 2 atom stereocenters. The summed E-state index contributed by atoms with van der Waals surface area (Å²) in [5, 5.41) is 10.5. The molecule has 130 valence electrons. The van der Waals surface area contributed by atoms with E-state index < -0.39 is 0 Å². The molecule has 0 aromatic carbocycles. The van der Waals surface area contributed by atoms with E-state index in [0.717, 1.165) is 65.3 Å². The zero-order chi connectivity index (χ0) is 16.2. The maximum atomic E-state index is 10.5. The second-order valence-electron chi connectivity index (χ2n) is 7.43. The molecular formula is C17H34N2O3. The van der Waals surface area contributed by atoms with E-state index in [9.17, 15) is 5.11 Å². The van der Waals surface area contributed by atoms with Crippen molar-refractivity contribution in [1.29, 1.82) is 0 Å². The quantitative estimate of drug-likeness (QED) is 0.802. The first-order valence-corrected chi connectivity index (χ1v) is 8.79. The largest absolute Gasteiger partial charge is 0.390 e. The molecule has 0 saturated carbocycles. The van der Waals surface area contributed by atoms with E-state index in [2.05, 4.69) is 37.5 Å². The van der Waals surface area contributed by atoms with Crippen molar-refractivity contribution in [3.05, 3.63) is 0 Å². The van der Waals surface area contributed by atoms with Crippen LogP contribution in [0.5, 0.6) is 0 Å². The Hall–Kier alpha value is -0.200. The summed E-state index contributed by atoms with van der Waals surface area (Å²) in [6.45, 7) is 15.3. The number of β-amino-alcohol motifs (C(OH)–C–C–N with tert-alkyl or cyclic N) is 1. The third-order valence-corrected chi connectivity index (χ3v) is 5.27. The molecule has 2 fully saturated rings. The third kappa shape index (κ3) is 4.90. The molecule has 2 rings (SSSR count). The number of aliphatic hydroxyl groups excluding tert-OH is 1. The van der Waals surface area contributed by atoms with E-state index in [1.165, 1.54) is 0 Å². The van der Waals surface area contributed by atoms with Crippen LogP contribution in [0.3, 0.4) is 0 Å². The van der Waals surface area contributed by atoms with Crippen LogP contribution in [-0.4, -0.2) is 84.7 Å². The van der Waals surface area contributed by atoms with Gasteiger partial charge in [0, 0.05) is 39.3 Å². The molecule has 2 heterocycles. The SMILES string of the molecule is CC[C@]1(C)CN(CC(O)CN2CCO[C@](C)(CC)C2)CCO1. The third-order valence-electron chi connectivity index (χ3n) is 5.27. The summed E-state index contributed by atoms with van der Waals surface area (Å²) in [6.07, 6.45) is 1.72. The Bertz CT molecular complexity index is 323. The van der Waals surface area contributed by atoms with Gasteiger partial charge in [-0.2, -0.15) is 0 Å². The summed E-state index contributed by atoms with van der Waals surface area (Å²) in [5.41, 5.74) is -0.116. The fourth-order valence-electron chi connectivity index (χ4n) is 3.43. The van der Waals surface area contributed by atoms with E-state index in [-0.39, 0.29) is 17.3 Å². The summed E-state index contributed by atoms with van der Waals surface area (Å²) in [6, 6.07) is 0. The van der Waals surface area contributed by atoms with Crippen molar-refractivity contribution in [2.24, 2.45) is 0 Å². The van der Waals surface area contributed by atoms with E-state index in [0.29, 0.717) is 0 Å². The first kappa shape index (κ1) is 18.1. The van der Waals surface area contributed by atoms with Crippen LogP contribution in [0.1, 0.15) is 40.5 Å². The highest BCUT2D eigenvalue weighted by Gasteiger charge is 2.33. The molecule has 0 aromatic rings. The second-order valence-corrected chi connectivity index (χ2v) is 7.43. The van der Waals surface area contributed by atoms with Gasteiger partial charge in [-0.15, -0.1) is 0 Å². The van der Waals surface area contributed by atoms with Crippen molar-refractivity contribution in [2.45, 2.75) is 57.8 Å². The second kappa shape index (κ2) is 7.58. The van der Waals surface area contributed by atoms with Gasteiger partial charge >= 0.3 is 0 Å². The molecule has 5 nitrogen and oxygen atoms in total. The number of hydrogen-bond donors (Lipinski definition) is 1. The Labute approximate surface area is 135 Å².